The normalized spacial score (nSPS) is 18.4. The highest BCUT2D eigenvalue weighted by Gasteiger charge is 2.28. The molecule has 0 radical (unpaired) electrons. The monoisotopic (exact) mass is 444 g/mol. The summed E-state index contributed by atoms with van der Waals surface area (Å²) in [5, 5.41) is 1.12. The number of carbonyl (C=O) groups is 1. The molecular weight excluding hydrogens is 416 g/mol. The molecule has 1 aromatic carbocycles. The van der Waals surface area contributed by atoms with Crippen molar-refractivity contribution >= 4 is 27.9 Å². The fraction of sp³-hybridized carbons (Fsp3) is 0.423. The SMILES string of the molecule is COc1cc(C(C)=O)cc2nc(-c3cc4cccnc4n3CC3CC3)n(CC3CCOC3)c12. The zero-order valence-corrected chi connectivity index (χ0v) is 19.1. The number of hydrogen-bond acceptors (Lipinski definition) is 5. The molecule has 1 saturated carbocycles. The van der Waals surface area contributed by atoms with Gasteiger partial charge in [0, 0.05) is 42.8 Å². The first-order valence-corrected chi connectivity index (χ1v) is 11.7. The molecule has 0 N–H and O–H groups in total. The van der Waals surface area contributed by atoms with Gasteiger partial charge in [0.15, 0.2) is 11.6 Å². The lowest BCUT2D eigenvalue weighted by atomic mass is 10.1. The van der Waals surface area contributed by atoms with Crippen molar-refractivity contribution in [1.82, 2.24) is 19.1 Å². The van der Waals surface area contributed by atoms with E-state index in [0.29, 0.717) is 23.1 Å². The van der Waals surface area contributed by atoms with Gasteiger partial charge in [0.2, 0.25) is 0 Å². The second-order valence-electron chi connectivity index (χ2n) is 9.38. The molecule has 3 aromatic heterocycles. The molecule has 1 saturated heterocycles. The summed E-state index contributed by atoms with van der Waals surface area (Å²) in [5.74, 6) is 2.69. The quantitative estimate of drug-likeness (QED) is 0.386. The summed E-state index contributed by atoms with van der Waals surface area (Å²) in [4.78, 5) is 22.0. The first-order chi connectivity index (χ1) is 16.1. The Kier molecular flexibility index (Phi) is 4.94. The van der Waals surface area contributed by atoms with Crippen LogP contribution in [0.5, 0.6) is 5.75 Å². The second kappa shape index (κ2) is 7.99. The van der Waals surface area contributed by atoms with Crippen LogP contribution in [0.15, 0.2) is 36.5 Å². The summed E-state index contributed by atoms with van der Waals surface area (Å²) in [7, 11) is 1.66. The van der Waals surface area contributed by atoms with Gasteiger partial charge in [-0.1, -0.05) is 0 Å². The number of benzene rings is 1. The van der Waals surface area contributed by atoms with Crippen molar-refractivity contribution in [2.75, 3.05) is 20.3 Å². The van der Waals surface area contributed by atoms with Crippen molar-refractivity contribution in [2.24, 2.45) is 11.8 Å². The van der Waals surface area contributed by atoms with E-state index < -0.39 is 0 Å². The Morgan fingerprint density at radius 3 is 2.73 bits per heavy atom. The number of rotatable bonds is 7. The Morgan fingerprint density at radius 1 is 1.15 bits per heavy atom. The van der Waals surface area contributed by atoms with Crippen LogP contribution in [-0.2, 0) is 17.8 Å². The summed E-state index contributed by atoms with van der Waals surface area (Å²) >= 11 is 0. The average Bonchev–Trinajstić information content (AvgIpc) is 3.19. The molecule has 1 aliphatic carbocycles. The topological polar surface area (TPSA) is 71.2 Å². The van der Waals surface area contributed by atoms with E-state index in [1.165, 1.54) is 12.8 Å². The second-order valence-corrected chi connectivity index (χ2v) is 9.38. The van der Waals surface area contributed by atoms with Crippen molar-refractivity contribution in [3.8, 4) is 17.3 Å². The van der Waals surface area contributed by atoms with Gasteiger partial charge in [0.1, 0.15) is 16.9 Å². The van der Waals surface area contributed by atoms with Crippen LogP contribution < -0.4 is 4.74 Å². The fourth-order valence-corrected chi connectivity index (χ4v) is 4.96. The van der Waals surface area contributed by atoms with Crippen LogP contribution in [-0.4, -0.2) is 45.2 Å². The molecule has 0 amide bonds. The number of carbonyl (C=O) groups excluding carboxylic acids is 1. The number of pyridine rings is 1. The lowest BCUT2D eigenvalue weighted by Gasteiger charge is -2.16. The van der Waals surface area contributed by atoms with E-state index in [9.17, 15) is 4.79 Å². The summed E-state index contributed by atoms with van der Waals surface area (Å²) in [6.07, 6.45) is 5.41. The van der Waals surface area contributed by atoms with Crippen LogP contribution in [0.1, 0.15) is 36.5 Å². The van der Waals surface area contributed by atoms with Crippen molar-refractivity contribution < 1.29 is 14.3 Å². The number of Topliss-reactive ketones (excluding diaryl/α,β-unsaturated/α-hetero) is 1. The summed E-state index contributed by atoms with van der Waals surface area (Å²) < 4.78 is 16.1. The van der Waals surface area contributed by atoms with Crippen molar-refractivity contribution in [2.45, 2.75) is 39.3 Å². The standard InChI is InChI=1S/C26H28N4O3/c1-16(31)20-10-21-24(23(12-20)32-2)30(14-18-7-9-33-15-18)26(28-21)22-11-19-4-3-8-27-25(19)29(22)13-17-5-6-17/h3-4,8,10-12,17-18H,5-7,9,13-15H2,1-2H3. The Morgan fingerprint density at radius 2 is 2.00 bits per heavy atom. The molecule has 6 rings (SSSR count). The Labute approximate surface area is 192 Å². The van der Waals surface area contributed by atoms with E-state index in [-0.39, 0.29) is 5.78 Å². The highest BCUT2D eigenvalue weighted by Crippen LogP contribution is 2.38. The van der Waals surface area contributed by atoms with Gasteiger partial charge in [-0.25, -0.2) is 9.97 Å². The minimum Gasteiger partial charge on any atom is -0.494 e. The number of nitrogens with zero attached hydrogens (tertiary/aromatic N) is 4. The molecule has 1 aliphatic heterocycles. The van der Waals surface area contributed by atoms with Crippen LogP contribution >= 0.6 is 0 Å². The van der Waals surface area contributed by atoms with E-state index in [2.05, 4.69) is 21.3 Å². The number of ketones is 1. The zero-order chi connectivity index (χ0) is 22.5. The Balaban J connectivity index is 1.61. The number of hydrogen-bond donors (Lipinski definition) is 0. The van der Waals surface area contributed by atoms with E-state index in [1.807, 2.05) is 24.4 Å². The predicted molar refractivity (Wildman–Crippen MR) is 127 cm³/mol. The maximum Gasteiger partial charge on any atom is 0.160 e. The number of fused-ring (bicyclic) bond motifs is 2. The fourth-order valence-electron chi connectivity index (χ4n) is 4.96. The van der Waals surface area contributed by atoms with Gasteiger partial charge in [-0.05, 0) is 62.4 Å². The lowest BCUT2D eigenvalue weighted by Crippen LogP contribution is -2.14. The van der Waals surface area contributed by atoms with Crippen molar-refractivity contribution in [3.05, 3.63) is 42.1 Å². The molecule has 7 heteroatoms. The zero-order valence-electron chi connectivity index (χ0n) is 19.1. The average molecular weight is 445 g/mol. The van der Waals surface area contributed by atoms with Crippen LogP contribution in [0.4, 0.5) is 0 Å². The van der Waals surface area contributed by atoms with Crippen molar-refractivity contribution in [3.63, 3.8) is 0 Å². The largest absolute Gasteiger partial charge is 0.494 e. The number of aromatic nitrogens is 4. The van der Waals surface area contributed by atoms with Crippen LogP contribution in [0, 0.1) is 11.8 Å². The van der Waals surface area contributed by atoms with Gasteiger partial charge in [0.05, 0.1) is 24.9 Å². The lowest BCUT2D eigenvalue weighted by molar-refractivity contribution is 0.101. The first kappa shape index (κ1) is 20.4. The molecule has 170 valence electrons. The van der Waals surface area contributed by atoms with E-state index in [4.69, 9.17) is 19.4 Å². The molecule has 7 nitrogen and oxygen atoms in total. The minimum atomic E-state index is 0.00235. The molecule has 0 spiro atoms. The summed E-state index contributed by atoms with van der Waals surface area (Å²) in [5.41, 5.74) is 4.39. The summed E-state index contributed by atoms with van der Waals surface area (Å²) in [6.45, 7) is 4.86. The maximum atomic E-state index is 12.2. The van der Waals surface area contributed by atoms with Gasteiger partial charge in [0.25, 0.3) is 0 Å². The Bertz CT molecular complexity index is 1360. The minimum absolute atomic E-state index is 0.00235. The van der Waals surface area contributed by atoms with Gasteiger partial charge < -0.3 is 18.6 Å². The van der Waals surface area contributed by atoms with Crippen molar-refractivity contribution in [1.29, 1.82) is 0 Å². The highest BCUT2D eigenvalue weighted by molar-refractivity contribution is 6.00. The van der Waals surface area contributed by atoms with E-state index in [1.54, 1.807) is 14.0 Å². The molecule has 2 aliphatic rings. The molecule has 4 aromatic rings. The number of ether oxygens (including phenoxy) is 2. The third kappa shape index (κ3) is 3.60. The number of imidazole rings is 1. The van der Waals surface area contributed by atoms with Crippen LogP contribution in [0.3, 0.4) is 0 Å². The molecule has 2 fully saturated rings. The Hall–Kier alpha value is -3.19. The molecule has 0 bridgehead atoms. The van der Waals surface area contributed by atoms with Crippen LogP contribution in [0.25, 0.3) is 33.6 Å². The van der Waals surface area contributed by atoms with Gasteiger partial charge in [-0.3, -0.25) is 4.79 Å². The van der Waals surface area contributed by atoms with Gasteiger partial charge in [-0.15, -0.1) is 0 Å². The summed E-state index contributed by atoms with van der Waals surface area (Å²) in [6, 6.07) is 10.0. The predicted octanol–water partition coefficient (Wildman–Crippen LogP) is 4.71. The first-order valence-electron chi connectivity index (χ1n) is 11.7. The molecule has 1 unspecified atom stereocenters. The maximum absolute atomic E-state index is 12.2. The highest BCUT2D eigenvalue weighted by atomic mass is 16.5. The third-order valence-corrected chi connectivity index (χ3v) is 6.92. The molecule has 4 heterocycles. The molecule has 1 atom stereocenters. The van der Waals surface area contributed by atoms with Gasteiger partial charge >= 0.3 is 0 Å². The number of methoxy groups -OCH3 is 1. The van der Waals surface area contributed by atoms with Crippen LogP contribution in [0.2, 0.25) is 0 Å². The molecule has 33 heavy (non-hydrogen) atoms. The molecular formula is C26H28N4O3. The van der Waals surface area contributed by atoms with E-state index >= 15 is 0 Å². The third-order valence-electron chi connectivity index (χ3n) is 6.92. The smallest absolute Gasteiger partial charge is 0.160 e. The van der Waals surface area contributed by atoms with Gasteiger partial charge in [-0.2, -0.15) is 0 Å². The van der Waals surface area contributed by atoms with E-state index in [0.717, 1.165) is 66.3 Å².